The zero-order valence-corrected chi connectivity index (χ0v) is 9.96. The summed E-state index contributed by atoms with van der Waals surface area (Å²) in [5, 5.41) is 11.4. The van der Waals surface area contributed by atoms with E-state index in [9.17, 15) is 9.18 Å². The topological polar surface area (TPSA) is 52.9 Å². The summed E-state index contributed by atoms with van der Waals surface area (Å²) in [5.41, 5.74) is 1.19. The molecule has 0 aliphatic carbocycles. The number of aryl methyl sites for hydroxylation is 1. The van der Waals surface area contributed by atoms with Gasteiger partial charge in [0, 0.05) is 5.69 Å². The van der Waals surface area contributed by atoms with Gasteiger partial charge in [0.1, 0.15) is 11.7 Å². The highest BCUT2D eigenvalue weighted by molar-refractivity contribution is 5.94. The Morgan fingerprint density at radius 1 is 1.59 bits per heavy atom. The lowest BCUT2D eigenvalue weighted by atomic mass is 10.0. The van der Waals surface area contributed by atoms with Crippen molar-refractivity contribution >= 4 is 11.6 Å². The second kappa shape index (κ2) is 6.00. The van der Waals surface area contributed by atoms with Crippen LogP contribution in [0.5, 0.6) is 0 Å². The van der Waals surface area contributed by atoms with Crippen molar-refractivity contribution in [2.75, 3.05) is 5.32 Å². The zero-order valence-electron chi connectivity index (χ0n) is 9.96. The van der Waals surface area contributed by atoms with Gasteiger partial charge in [-0.05, 0) is 31.0 Å². The number of amides is 1. The number of carbonyl (C=O) groups excluding carboxylic acids is 1. The van der Waals surface area contributed by atoms with Crippen molar-refractivity contribution in [1.82, 2.24) is 0 Å². The Bertz CT molecular complexity index is 451. The van der Waals surface area contributed by atoms with E-state index in [1.165, 1.54) is 12.1 Å². The summed E-state index contributed by atoms with van der Waals surface area (Å²) in [5.74, 6) is -1.46. The highest BCUT2D eigenvalue weighted by Crippen LogP contribution is 2.17. The maximum atomic E-state index is 13.0. The molecule has 0 saturated carbocycles. The van der Waals surface area contributed by atoms with Gasteiger partial charge in [-0.15, -0.1) is 0 Å². The smallest absolute Gasteiger partial charge is 0.241 e. The summed E-state index contributed by atoms with van der Waals surface area (Å²) < 4.78 is 13.0. The fourth-order valence-electron chi connectivity index (χ4n) is 1.49. The molecule has 0 aromatic heterocycles. The predicted octanol–water partition coefficient (Wildman–Crippen LogP) is 3.01. The van der Waals surface area contributed by atoms with Gasteiger partial charge >= 0.3 is 0 Å². The second-order valence-corrected chi connectivity index (χ2v) is 3.92. The van der Waals surface area contributed by atoms with Crippen LogP contribution in [-0.2, 0) is 4.79 Å². The molecule has 3 nitrogen and oxygen atoms in total. The fourth-order valence-corrected chi connectivity index (χ4v) is 1.49. The van der Waals surface area contributed by atoms with Crippen LogP contribution in [0.3, 0.4) is 0 Å². The van der Waals surface area contributed by atoms with E-state index in [2.05, 4.69) is 5.32 Å². The summed E-state index contributed by atoms with van der Waals surface area (Å²) in [4.78, 5) is 11.7. The summed E-state index contributed by atoms with van der Waals surface area (Å²) in [6.45, 7) is 3.68. The Morgan fingerprint density at radius 2 is 2.29 bits per heavy atom. The molecule has 0 radical (unpaired) electrons. The molecular formula is C13H15FN2O. The number of anilines is 1. The van der Waals surface area contributed by atoms with Crippen molar-refractivity contribution in [1.29, 1.82) is 5.26 Å². The van der Waals surface area contributed by atoms with Crippen molar-refractivity contribution in [3.8, 4) is 6.07 Å². The van der Waals surface area contributed by atoms with E-state index in [0.717, 1.165) is 12.0 Å². The Balaban J connectivity index is 2.80. The van der Waals surface area contributed by atoms with Crippen LogP contribution in [0.25, 0.3) is 0 Å². The summed E-state index contributed by atoms with van der Waals surface area (Å²) in [6, 6.07) is 6.13. The van der Waals surface area contributed by atoms with Crippen molar-refractivity contribution < 1.29 is 9.18 Å². The minimum absolute atomic E-state index is 0.372. The van der Waals surface area contributed by atoms with Crippen LogP contribution in [0.1, 0.15) is 25.3 Å². The third-order valence-electron chi connectivity index (χ3n) is 2.51. The van der Waals surface area contributed by atoms with Crippen molar-refractivity contribution in [3.05, 3.63) is 29.6 Å². The van der Waals surface area contributed by atoms with Crippen LogP contribution < -0.4 is 5.32 Å². The molecule has 0 aliphatic rings. The van der Waals surface area contributed by atoms with Crippen LogP contribution in [0.4, 0.5) is 10.1 Å². The molecule has 1 unspecified atom stereocenters. The highest BCUT2D eigenvalue weighted by Gasteiger charge is 2.17. The average molecular weight is 234 g/mol. The number of halogens is 1. The Labute approximate surface area is 100 Å². The van der Waals surface area contributed by atoms with Crippen LogP contribution in [-0.4, -0.2) is 5.91 Å². The number of nitrogens with one attached hydrogen (secondary N) is 1. The number of rotatable bonds is 4. The van der Waals surface area contributed by atoms with E-state index < -0.39 is 11.7 Å². The molecule has 0 spiro atoms. The lowest BCUT2D eigenvalue weighted by Gasteiger charge is -2.11. The summed E-state index contributed by atoms with van der Waals surface area (Å²) in [7, 11) is 0. The molecule has 1 N–H and O–H groups in total. The van der Waals surface area contributed by atoms with Crippen molar-refractivity contribution in [2.24, 2.45) is 5.92 Å². The number of benzene rings is 1. The molecular weight excluding hydrogens is 219 g/mol. The lowest BCUT2D eigenvalue weighted by molar-refractivity contribution is -0.118. The van der Waals surface area contributed by atoms with E-state index >= 15 is 0 Å². The number of hydrogen-bond acceptors (Lipinski definition) is 2. The molecule has 90 valence electrons. The van der Waals surface area contributed by atoms with Gasteiger partial charge in [0.25, 0.3) is 0 Å². The first-order chi connectivity index (χ1) is 8.08. The maximum absolute atomic E-state index is 13.0. The van der Waals surface area contributed by atoms with Gasteiger partial charge < -0.3 is 5.32 Å². The van der Waals surface area contributed by atoms with E-state index in [4.69, 9.17) is 5.26 Å². The van der Waals surface area contributed by atoms with Gasteiger partial charge in [0.15, 0.2) is 0 Å². The Hall–Kier alpha value is -1.89. The van der Waals surface area contributed by atoms with Gasteiger partial charge in [-0.2, -0.15) is 5.26 Å². The standard InChI is InChI=1S/C13H15FN2O/c1-3-4-10(8-15)13(17)16-12-7-11(14)6-5-9(12)2/h5-7,10H,3-4H2,1-2H3,(H,16,17). The molecule has 0 saturated heterocycles. The molecule has 1 atom stereocenters. The van der Waals surface area contributed by atoms with E-state index in [1.807, 2.05) is 13.0 Å². The average Bonchev–Trinajstić information content (AvgIpc) is 2.30. The van der Waals surface area contributed by atoms with Crippen molar-refractivity contribution in [3.63, 3.8) is 0 Å². The third-order valence-corrected chi connectivity index (χ3v) is 2.51. The summed E-state index contributed by atoms with van der Waals surface area (Å²) >= 11 is 0. The molecule has 1 aromatic carbocycles. The molecule has 1 aromatic rings. The molecule has 1 amide bonds. The molecule has 1 rings (SSSR count). The number of carbonyl (C=O) groups is 1. The molecule has 17 heavy (non-hydrogen) atoms. The van der Waals surface area contributed by atoms with E-state index in [0.29, 0.717) is 12.1 Å². The molecule has 0 bridgehead atoms. The Kier molecular flexibility index (Phi) is 4.65. The van der Waals surface area contributed by atoms with Crippen LogP contribution in [0, 0.1) is 30.0 Å². The van der Waals surface area contributed by atoms with Gasteiger partial charge in [0.2, 0.25) is 5.91 Å². The zero-order chi connectivity index (χ0) is 12.8. The minimum Gasteiger partial charge on any atom is -0.325 e. The third kappa shape index (κ3) is 3.56. The normalized spacial score (nSPS) is 11.6. The first-order valence-corrected chi connectivity index (χ1v) is 5.55. The monoisotopic (exact) mass is 234 g/mol. The van der Waals surface area contributed by atoms with Gasteiger partial charge in [0.05, 0.1) is 6.07 Å². The van der Waals surface area contributed by atoms with Crippen molar-refractivity contribution in [2.45, 2.75) is 26.7 Å². The first-order valence-electron chi connectivity index (χ1n) is 5.55. The fraction of sp³-hybridized carbons (Fsp3) is 0.385. The largest absolute Gasteiger partial charge is 0.325 e. The lowest BCUT2D eigenvalue weighted by Crippen LogP contribution is -2.22. The Morgan fingerprint density at radius 3 is 2.88 bits per heavy atom. The number of nitrogens with zero attached hydrogens (tertiary/aromatic N) is 1. The van der Waals surface area contributed by atoms with Gasteiger partial charge in [-0.3, -0.25) is 4.79 Å². The van der Waals surface area contributed by atoms with Crippen LogP contribution >= 0.6 is 0 Å². The van der Waals surface area contributed by atoms with Crippen LogP contribution in [0.15, 0.2) is 18.2 Å². The predicted molar refractivity (Wildman–Crippen MR) is 63.8 cm³/mol. The summed E-state index contributed by atoms with van der Waals surface area (Å²) in [6.07, 6.45) is 1.27. The molecule has 0 heterocycles. The highest BCUT2D eigenvalue weighted by atomic mass is 19.1. The van der Waals surface area contributed by atoms with E-state index in [-0.39, 0.29) is 5.91 Å². The quantitative estimate of drug-likeness (QED) is 0.870. The molecule has 0 fully saturated rings. The number of hydrogen-bond donors (Lipinski definition) is 1. The molecule has 0 aliphatic heterocycles. The van der Waals surface area contributed by atoms with E-state index in [1.54, 1.807) is 13.0 Å². The second-order valence-electron chi connectivity index (χ2n) is 3.92. The minimum atomic E-state index is -0.678. The number of nitriles is 1. The van der Waals surface area contributed by atoms with Crippen LogP contribution in [0.2, 0.25) is 0 Å². The maximum Gasteiger partial charge on any atom is 0.241 e. The van der Waals surface area contributed by atoms with Gasteiger partial charge in [-0.1, -0.05) is 19.4 Å². The SMILES string of the molecule is CCCC(C#N)C(=O)Nc1cc(F)ccc1C. The van der Waals surface area contributed by atoms with Gasteiger partial charge in [-0.25, -0.2) is 4.39 Å². The first kappa shape index (κ1) is 13.2. The molecule has 4 heteroatoms.